The van der Waals surface area contributed by atoms with Gasteiger partial charge in [0.1, 0.15) is 5.76 Å². The largest absolute Gasteiger partial charge is 0.469 e. The predicted molar refractivity (Wildman–Crippen MR) is 109 cm³/mol. The molecule has 9 heteroatoms. The number of thioether (sulfide) groups is 1. The van der Waals surface area contributed by atoms with Crippen LogP contribution in [0.2, 0.25) is 0 Å². The molecule has 0 spiro atoms. The number of hydrogen-bond acceptors (Lipinski definition) is 8. The van der Waals surface area contributed by atoms with E-state index in [9.17, 15) is 4.79 Å². The van der Waals surface area contributed by atoms with E-state index in [2.05, 4.69) is 20.4 Å². The SMILES string of the molecule is Cc1occc1-c1nnc(SCC(=O)Nc2ccc(CN3CCOCC3)cc2)o1. The molecule has 152 valence electrons. The van der Waals surface area contributed by atoms with Gasteiger partial charge >= 0.3 is 0 Å². The van der Waals surface area contributed by atoms with Crippen LogP contribution in [0.4, 0.5) is 5.69 Å². The van der Waals surface area contributed by atoms with Crippen LogP contribution < -0.4 is 5.32 Å². The van der Waals surface area contributed by atoms with Crippen LogP contribution >= 0.6 is 11.8 Å². The maximum Gasteiger partial charge on any atom is 0.277 e. The summed E-state index contributed by atoms with van der Waals surface area (Å²) in [7, 11) is 0. The number of carbonyl (C=O) groups excluding carboxylic acids is 1. The summed E-state index contributed by atoms with van der Waals surface area (Å²) in [5.74, 6) is 1.15. The second kappa shape index (κ2) is 9.25. The highest BCUT2D eigenvalue weighted by molar-refractivity contribution is 7.99. The molecule has 1 saturated heterocycles. The van der Waals surface area contributed by atoms with Crippen LogP contribution in [0.25, 0.3) is 11.5 Å². The minimum atomic E-state index is -0.129. The molecule has 4 rings (SSSR count). The minimum absolute atomic E-state index is 0.129. The molecule has 2 aromatic heterocycles. The average molecular weight is 414 g/mol. The molecule has 1 fully saturated rings. The van der Waals surface area contributed by atoms with E-state index in [1.807, 2.05) is 31.2 Å². The fourth-order valence-electron chi connectivity index (χ4n) is 3.02. The number of anilines is 1. The van der Waals surface area contributed by atoms with Crippen LogP contribution in [0.15, 0.2) is 50.7 Å². The topological polar surface area (TPSA) is 93.6 Å². The second-order valence-electron chi connectivity index (χ2n) is 6.69. The number of furan rings is 1. The van der Waals surface area contributed by atoms with Gasteiger partial charge in [-0.1, -0.05) is 23.9 Å². The van der Waals surface area contributed by atoms with Gasteiger partial charge in [0.05, 0.1) is 30.8 Å². The van der Waals surface area contributed by atoms with Gasteiger partial charge in [-0.3, -0.25) is 9.69 Å². The normalized spacial score (nSPS) is 14.8. The number of amides is 1. The van der Waals surface area contributed by atoms with Gasteiger partial charge in [-0.15, -0.1) is 10.2 Å². The summed E-state index contributed by atoms with van der Waals surface area (Å²) in [5, 5.41) is 11.2. The van der Waals surface area contributed by atoms with E-state index in [0.717, 1.165) is 44.1 Å². The van der Waals surface area contributed by atoms with Gasteiger partial charge in [-0.2, -0.15) is 0 Å². The van der Waals surface area contributed by atoms with Gasteiger partial charge in [0, 0.05) is 25.3 Å². The summed E-state index contributed by atoms with van der Waals surface area (Å²) in [4.78, 5) is 14.6. The Morgan fingerprint density at radius 3 is 2.69 bits per heavy atom. The molecule has 29 heavy (non-hydrogen) atoms. The van der Waals surface area contributed by atoms with Gasteiger partial charge in [-0.25, -0.2) is 0 Å². The first-order valence-corrected chi connectivity index (χ1v) is 10.4. The molecule has 1 aliphatic rings. The Kier molecular flexibility index (Phi) is 6.28. The van der Waals surface area contributed by atoms with Crippen LogP contribution in [0.1, 0.15) is 11.3 Å². The maximum atomic E-state index is 12.2. The third-order valence-electron chi connectivity index (χ3n) is 4.57. The second-order valence-corrected chi connectivity index (χ2v) is 7.61. The zero-order valence-electron chi connectivity index (χ0n) is 16.1. The molecule has 1 aliphatic heterocycles. The zero-order chi connectivity index (χ0) is 20.1. The first-order chi connectivity index (χ1) is 14.2. The van der Waals surface area contributed by atoms with Gasteiger partial charge in [0.2, 0.25) is 5.91 Å². The molecule has 0 atom stereocenters. The van der Waals surface area contributed by atoms with Crippen molar-refractivity contribution in [1.29, 1.82) is 0 Å². The van der Waals surface area contributed by atoms with Gasteiger partial charge < -0.3 is 18.9 Å². The van der Waals surface area contributed by atoms with Crippen molar-refractivity contribution in [3.05, 3.63) is 47.9 Å². The Hall–Kier alpha value is -2.62. The quantitative estimate of drug-likeness (QED) is 0.589. The molecule has 0 unspecified atom stereocenters. The summed E-state index contributed by atoms with van der Waals surface area (Å²) < 4.78 is 16.2. The highest BCUT2D eigenvalue weighted by Gasteiger charge is 2.15. The lowest BCUT2D eigenvalue weighted by Gasteiger charge is -2.26. The van der Waals surface area contributed by atoms with Crippen molar-refractivity contribution in [3.63, 3.8) is 0 Å². The molecule has 3 heterocycles. The molecular formula is C20H22N4O4S. The molecule has 0 saturated carbocycles. The number of aromatic nitrogens is 2. The standard InChI is InChI=1S/C20H22N4O4S/c1-14-17(6-9-27-14)19-22-23-20(28-19)29-13-18(25)21-16-4-2-15(3-5-16)12-24-7-10-26-11-8-24/h2-6,9H,7-8,10-13H2,1H3,(H,21,25). The number of morpholine rings is 1. The van der Waals surface area contributed by atoms with E-state index in [1.165, 1.54) is 17.3 Å². The van der Waals surface area contributed by atoms with Crippen molar-refractivity contribution in [2.75, 3.05) is 37.4 Å². The van der Waals surface area contributed by atoms with E-state index in [4.69, 9.17) is 13.6 Å². The Balaban J connectivity index is 1.25. The third kappa shape index (κ3) is 5.26. The molecule has 0 aliphatic carbocycles. The van der Waals surface area contributed by atoms with Gasteiger partial charge in [0.25, 0.3) is 11.1 Å². The summed E-state index contributed by atoms with van der Waals surface area (Å²) in [6.45, 7) is 6.19. The number of aryl methyl sites for hydroxylation is 1. The van der Waals surface area contributed by atoms with Crippen LogP contribution in [-0.2, 0) is 16.1 Å². The fraction of sp³-hybridized carbons (Fsp3) is 0.350. The summed E-state index contributed by atoms with van der Waals surface area (Å²) >= 11 is 1.20. The zero-order valence-corrected chi connectivity index (χ0v) is 16.9. The van der Waals surface area contributed by atoms with E-state index < -0.39 is 0 Å². The first-order valence-electron chi connectivity index (χ1n) is 9.37. The van der Waals surface area contributed by atoms with Crippen molar-refractivity contribution in [3.8, 4) is 11.5 Å². The van der Waals surface area contributed by atoms with E-state index in [-0.39, 0.29) is 11.7 Å². The lowest BCUT2D eigenvalue weighted by Crippen LogP contribution is -2.35. The van der Waals surface area contributed by atoms with Crippen molar-refractivity contribution < 1.29 is 18.4 Å². The molecule has 0 bridgehead atoms. The van der Waals surface area contributed by atoms with E-state index in [1.54, 1.807) is 12.3 Å². The fourth-order valence-corrected chi connectivity index (χ4v) is 3.58. The first kappa shape index (κ1) is 19.7. The van der Waals surface area contributed by atoms with Crippen LogP contribution in [0.3, 0.4) is 0 Å². The lowest BCUT2D eigenvalue weighted by atomic mass is 10.2. The van der Waals surface area contributed by atoms with Crippen molar-refractivity contribution >= 4 is 23.4 Å². The molecule has 0 radical (unpaired) electrons. The number of nitrogens with zero attached hydrogens (tertiary/aromatic N) is 3. The number of benzene rings is 1. The highest BCUT2D eigenvalue weighted by atomic mass is 32.2. The number of hydrogen-bond donors (Lipinski definition) is 1. The third-order valence-corrected chi connectivity index (χ3v) is 5.39. The summed E-state index contributed by atoms with van der Waals surface area (Å²) in [6.07, 6.45) is 1.57. The van der Waals surface area contributed by atoms with Crippen molar-refractivity contribution in [1.82, 2.24) is 15.1 Å². The van der Waals surface area contributed by atoms with Crippen LogP contribution in [0.5, 0.6) is 0 Å². The summed E-state index contributed by atoms with van der Waals surface area (Å²) in [5.41, 5.74) is 2.74. The molecule has 3 aromatic rings. The molecule has 1 aromatic carbocycles. The van der Waals surface area contributed by atoms with Gasteiger partial charge in [-0.05, 0) is 30.7 Å². The predicted octanol–water partition coefficient (Wildman–Crippen LogP) is 3.20. The molecule has 1 amide bonds. The molecular weight excluding hydrogens is 392 g/mol. The minimum Gasteiger partial charge on any atom is -0.469 e. The summed E-state index contributed by atoms with van der Waals surface area (Å²) in [6, 6.07) is 9.69. The number of ether oxygens (including phenoxy) is 1. The van der Waals surface area contributed by atoms with Crippen LogP contribution in [-0.4, -0.2) is 53.1 Å². The monoisotopic (exact) mass is 414 g/mol. The average Bonchev–Trinajstić information content (AvgIpc) is 3.37. The number of nitrogens with one attached hydrogen (secondary N) is 1. The maximum absolute atomic E-state index is 12.2. The Bertz CT molecular complexity index is 948. The number of rotatable bonds is 7. The lowest BCUT2D eigenvalue weighted by molar-refractivity contribution is -0.113. The van der Waals surface area contributed by atoms with Crippen LogP contribution in [0, 0.1) is 6.92 Å². The van der Waals surface area contributed by atoms with Gasteiger partial charge in [0.15, 0.2) is 0 Å². The molecule has 8 nitrogen and oxygen atoms in total. The Labute approximate surface area is 172 Å². The van der Waals surface area contributed by atoms with Crippen molar-refractivity contribution in [2.24, 2.45) is 0 Å². The van der Waals surface area contributed by atoms with E-state index >= 15 is 0 Å². The van der Waals surface area contributed by atoms with E-state index in [0.29, 0.717) is 16.9 Å². The highest BCUT2D eigenvalue weighted by Crippen LogP contribution is 2.26. The smallest absolute Gasteiger partial charge is 0.277 e. The molecule has 1 N–H and O–H groups in total. The Morgan fingerprint density at radius 1 is 1.17 bits per heavy atom. The van der Waals surface area contributed by atoms with Crippen molar-refractivity contribution in [2.45, 2.75) is 18.7 Å². The Morgan fingerprint density at radius 2 is 1.97 bits per heavy atom. The number of carbonyl (C=O) groups is 1.